The lowest BCUT2D eigenvalue weighted by atomic mass is 10.1. The van der Waals surface area contributed by atoms with E-state index < -0.39 is 0 Å². The largest absolute Gasteiger partial charge is 0.345 e. The molecule has 0 aliphatic heterocycles. The zero-order valence-electron chi connectivity index (χ0n) is 13.0. The van der Waals surface area contributed by atoms with Gasteiger partial charge in [-0.05, 0) is 32.8 Å². The van der Waals surface area contributed by atoms with Crippen LogP contribution < -0.4 is 0 Å². The van der Waals surface area contributed by atoms with Crippen molar-refractivity contribution in [2.75, 3.05) is 0 Å². The number of imidazole rings is 1. The standard InChI is InChI=1S/C17H25N3/c1-5-14(3)20(12-17-10-18-15(4)19-17)11-16-8-6-13(2)7-9-16/h6-10,14H,5,11-12H2,1-4H3,(H,18,19). The first-order chi connectivity index (χ1) is 9.58. The van der Waals surface area contributed by atoms with Gasteiger partial charge in [-0.1, -0.05) is 36.8 Å². The lowest BCUT2D eigenvalue weighted by molar-refractivity contribution is 0.184. The van der Waals surface area contributed by atoms with Gasteiger partial charge in [0.05, 0.1) is 0 Å². The van der Waals surface area contributed by atoms with E-state index in [0.717, 1.165) is 25.3 Å². The fraction of sp³-hybridized carbons (Fsp3) is 0.471. The fourth-order valence-electron chi connectivity index (χ4n) is 2.32. The van der Waals surface area contributed by atoms with E-state index in [0.29, 0.717) is 6.04 Å². The first-order valence-corrected chi connectivity index (χ1v) is 7.38. The minimum atomic E-state index is 0.555. The average Bonchev–Trinajstić information content (AvgIpc) is 2.85. The molecule has 3 nitrogen and oxygen atoms in total. The van der Waals surface area contributed by atoms with E-state index in [1.807, 2.05) is 13.1 Å². The van der Waals surface area contributed by atoms with Gasteiger partial charge >= 0.3 is 0 Å². The van der Waals surface area contributed by atoms with E-state index in [4.69, 9.17) is 0 Å². The Morgan fingerprint density at radius 3 is 2.40 bits per heavy atom. The summed E-state index contributed by atoms with van der Waals surface area (Å²) in [5.74, 6) is 0.986. The predicted molar refractivity (Wildman–Crippen MR) is 83.5 cm³/mol. The van der Waals surface area contributed by atoms with Crippen molar-refractivity contribution in [1.82, 2.24) is 14.9 Å². The number of aryl methyl sites for hydroxylation is 2. The summed E-state index contributed by atoms with van der Waals surface area (Å²) in [6, 6.07) is 9.38. The third-order valence-corrected chi connectivity index (χ3v) is 3.85. The van der Waals surface area contributed by atoms with Gasteiger partial charge in [0.25, 0.3) is 0 Å². The van der Waals surface area contributed by atoms with Crippen LogP contribution in [0.1, 0.15) is 42.9 Å². The summed E-state index contributed by atoms with van der Waals surface area (Å²) in [5, 5.41) is 0. The molecule has 1 aromatic heterocycles. The van der Waals surface area contributed by atoms with Gasteiger partial charge in [0.15, 0.2) is 0 Å². The summed E-state index contributed by atoms with van der Waals surface area (Å²) < 4.78 is 0. The topological polar surface area (TPSA) is 31.9 Å². The molecule has 0 bridgehead atoms. The minimum absolute atomic E-state index is 0.555. The highest BCUT2D eigenvalue weighted by Gasteiger charge is 2.14. The number of rotatable bonds is 6. The van der Waals surface area contributed by atoms with Crippen LogP contribution in [0.4, 0.5) is 0 Å². The van der Waals surface area contributed by atoms with Gasteiger partial charge in [0.2, 0.25) is 0 Å². The van der Waals surface area contributed by atoms with Crippen LogP contribution in [0, 0.1) is 13.8 Å². The van der Waals surface area contributed by atoms with Gasteiger partial charge < -0.3 is 4.98 Å². The lowest BCUT2D eigenvalue weighted by Crippen LogP contribution is -2.31. The first-order valence-electron chi connectivity index (χ1n) is 7.38. The molecule has 108 valence electrons. The van der Waals surface area contributed by atoms with Crippen molar-refractivity contribution in [2.24, 2.45) is 0 Å². The summed E-state index contributed by atoms with van der Waals surface area (Å²) in [6.45, 7) is 10.6. The molecule has 1 unspecified atom stereocenters. The van der Waals surface area contributed by atoms with Gasteiger partial charge in [-0.15, -0.1) is 0 Å². The Hall–Kier alpha value is -1.61. The number of nitrogens with one attached hydrogen (secondary N) is 1. The first kappa shape index (κ1) is 14.8. The second-order valence-electron chi connectivity index (χ2n) is 5.64. The number of hydrogen-bond donors (Lipinski definition) is 1. The van der Waals surface area contributed by atoms with Crippen LogP contribution in [0.5, 0.6) is 0 Å². The monoisotopic (exact) mass is 271 g/mol. The summed E-state index contributed by atoms with van der Waals surface area (Å²) in [4.78, 5) is 10.1. The number of aromatic amines is 1. The van der Waals surface area contributed by atoms with E-state index in [2.05, 4.69) is 59.9 Å². The van der Waals surface area contributed by atoms with Crippen molar-refractivity contribution in [2.45, 2.75) is 53.2 Å². The van der Waals surface area contributed by atoms with Gasteiger partial charge in [-0.25, -0.2) is 4.98 Å². The second-order valence-corrected chi connectivity index (χ2v) is 5.64. The van der Waals surface area contributed by atoms with E-state index in [-0.39, 0.29) is 0 Å². The minimum Gasteiger partial charge on any atom is -0.345 e. The van der Waals surface area contributed by atoms with Crippen molar-refractivity contribution in [3.8, 4) is 0 Å². The molecule has 0 amide bonds. The van der Waals surface area contributed by atoms with E-state index in [1.165, 1.54) is 16.8 Å². The van der Waals surface area contributed by atoms with Crippen LogP contribution in [0.15, 0.2) is 30.5 Å². The number of aromatic nitrogens is 2. The number of hydrogen-bond acceptors (Lipinski definition) is 2. The molecule has 3 heteroatoms. The molecule has 2 aromatic rings. The van der Waals surface area contributed by atoms with Crippen LogP contribution in [0.25, 0.3) is 0 Å². The summed E-state index contributed by atoms with van der Waals surface area (Å²) in [5.41, 5.74) is 3.87. The Labute approximate surface area is 122 Å². The van der Waals surface area contributed by atoms with E-state index >= 15 is 0 Å². The SMILES string of the molecule is CCC(C)N(Cc1ccc(C)cc1)Cc1cnc(C)[nH]1. The maximum Gasteiger partial charge on any atom is 0.103 e. The molecule has 20 heavy (non-hydrogen) atoms. The Balaban J connectivity index is 2.09. The highest BCUT2D eigenvalue weighted by molar-refractivity contribution is 5.21. The van der Waals surface area contributed by atoms with E-state index in [9.17, 15) is 0 Å². The van der Waals surface area contributed by atoms with E-state index in [1.54, 1.807) is 0 Å². The fourth-order valence-corrected chi connectivity index (χ4v) is 2.32. The van der Waals surface area contributed by atoms with Crippen molar-refractivity contribution < 1.29 is 0 Å². The molecule has 0 aliphatic carbocycles. The number of H-pyrrole nitrogens is 1. The molecule has 0 radical (unpaired) electrons. The smallest absolute Gasteiger partial charge is 0.103 e. The van der Waals surface area contributed by atoms with Crippen LogP contribution in [-0.2, 0) is 13.1 Å². The van der Waals surface area contributed by atoms with Crippen LogP contribution in [-0.4, -0.2) is 20.9 Å². The van der Waals surface area contributed by atoms with Crippen molar-refractivity contribution in [3.05, 3.63) is 53.1 Å². The molecule has 0 spiro atoms. The molecule has 1 heterocycles. The Morgan fingerprint density at radius 1 is 1.15 bits per heavy atom. The lowest BCUT2D eigenvalue weighted by Gasteiger charge is -2.28. The zero-order valence-corrected chi connectivity index (χ0v) is 13.0. The van der Waals surface area contributed by atoms with Gasteiger partial charge in [0.1, 0.15) is 5.82 Å². The maximum absolute atomic E-state index is 4.29. The number of nitrogens with zero attached hydrogens (tertiary/aromatic N) is 2. The molecule has 1 N–H and O–H groups in total. The van der Waals surface area contributed by atoms with Crippen LogP contribution in [0.2, 0.25) is 0 Å². The molecule has 0 saturated heterocycles. The maximum atomic E-state index is 4.29. The highest BCUT2D eigenvalue weighted by Crippen LogP contribution is 2.15. The molecule has 1 aromatic carbocycles. The molecular formula is C17H25N3. The summed E-state index contributed by atoms with van der Waals surface area (Å²) >= 11 is 0. The third kappa shape index (κ3) is 3.94. The van der Waals surface area contributed by atoms with Crippen molar-refractivity contribution >= 4 is 0 Å². The second kappa shape index (κ2) is 6.71. The Kier molecular flexibility index (Phi) is 4.96. The normalized spacial score (nSPS) is 12.8. The highest BCUT2D eigenvalue weighted by atomic mass is 15.2. The Bertz CT molecular complexity index is 527. The average molecular weight is 271 g/mol. The van der Waals surface area contributed by atoms with Crippen LogP contribution >= 0.6 is 0 Å². The molecule has 1 atom stereocenters. The zero-order chi connectivity index (χ0) is 14.5. The third-order valence-electron chi connectivity index (χ3n) is 3.85. The predicted octanol–water partition coefficient (Wildman–Crippen LogP) is 3.83. The number of benzene rings is 1. The molecule has 0 fully saturated rings. The van der Waals surface area contributed by atoms with Crippen LogP contribution in [0.3, 0.4) is 0 Å². The quantitative estimate of drug-likeness (QED) is 0.866. The van der Waals surface area contributed by atoms with Crippen molar-refractivity contribution in [1.29, 1.82) is 0 Å². The molecular weight excluding hydrogens is 246 g/mol. The summed E-state index contributed by atoms with van der Waals surface area (Å²) in [7, 11) is 0. The van der Waals surface area contributed by atoms with Crippen molar-refractivity contribution in [3.63, 3.8) is 0 Å². The summed E-state index contributed by atoms with van der Waals surface area (Å²) in [6.07, 6.45) is 3.10. The van der Waals surface area contributed by atoms with Gasteiger partial charge in [-0.3, -0.25) is 4.90 Å². The van der Waals surface area contributed by atoms with Gasteiger partial charge in [-0.2, -0.15) is 0 Å². The Morgan fingerprint density at radius 2 is 1.85 bits per heavy atom. The van der Waals surface area contributed by atoms with Gasteiger partial charge in [0, 0.05) is 31.0 Å². The molecule has 0 aliphatic rings. The molecule has 2 rings (SSSR count). The molecule has 0 saturated carbocycles.